The second-order valence-electron chi connectivity index (χ2n) is 7.78. The van der Waals surface area contributed by atoms with Gasteiger partial charge in [-0.15, -0.1) is 0 Å². The molecule has 1 aliphatic rings. The molecule has 0 unspecified atom stereocenters. The summed E-state index contributed by atoms with van der Waals surface area (Å²) in [6, 6.07) is 18.3. The number of furan rings is 1. The van der Waals surface area contributed by atoms with Gasteiger partial charge in [0.15, 0.2) is 11.5 Å². The van der Waals surface area contributed by atoms with Gasteiger partial charge in [0, 0.05) is 17.1 Å². The van der Waals surface area contributed by atoms with Crippen molar-refractivity contribution in [2.45, 2.75) is 23.8 Å². The van der Waals surface area contributed by atoms with Crippen molar-refractivity contribution in [3.05, 3.63) is 83.7 Å². The summed E-state index contributed by atoms with van der Waals surface area (Å²) in [5.41, 5.74) is 7.33. The van der Waals surface area contributed by atoms with Crippen molar-refractivity contribution in [2.75, 3.05) is 5.43 Å². The van der Waals surface area contributed by atoms with E-state index < -0.39 is 15.9 Å². The highest BCUT2D eigenvalue weighted by Gasteiger charge is 2.27. The number of hydrogen-bond donors (Lipinski definition) is 3. The number of nitrogens with zero attached hydrogens (tertiary/aromatic N) is 2. The van der Waals surface area contributed by atoms with Gasteiger partial charge in [0.1, 0.15) is 5.69 Å². The molecule has 3 N–H and O–H groups in total. The summed E-state index contributed by atoms with van der Waals surface area (Å²) in [7, 11) is -3.54. The molecule has 1 amide bonds. The number of rotatable bonds is 8. The van der Waals surface area contributed by atoms with E-state index in [2.05, 4.69) is 20.7 Å². The number of amides is 1. The van der Waals surface area contributed by atoms with Gasteiger partial charge in [0.2, 0.25) is 10.0 Å². The number of anilines is 1. The zero-order chi connectivity index (χ0) is 23.7. The summed E-state index contributed by atoms with van der Waals surface area (Å²) < 4.78 is 34.3. The fourth-order valence-electron chi connectivity index (χ4n) is 3.27. The van der Waals surface area contributed by atoms with E-state index in [1.54, 1.807) is 65.5 Å². The Morgan fingerprint density at radius 1 is 1.06 bits per heavy atom. The Labute approximate surface area is 200 Å². The van der Waals surface area contributed by atoms with Crippen LogP contribution < -0.4 is 15.6 Å². The smallest absolute Gasteiger partial charge is 0.290 e. The fourth-order valence-corrected chi connectivity index (χ4v) is 4.70. The molecule has 2 heterocycles. The average Bonchev–Trinajstić information content (AvgIpc) is 3.28. The molecule has 1 aliphatic carbocycles. The highest BCUT2D eigenvalue weighted by molar-refractivity contribution is 7.89. The zero-order valence-electron chi connectivity index (χ0n) is 17.7. The standard InChI is InChI=1S/C23H20ClN5O4S/c24-15-3-9-18(10-4-15)29-21(22-2-1-13-33-22)14-20(27-29)23(30)26-25-16-7-11-19(12-8-16)34(31,32)28-17-5-6-17/h1-4,7-14,17,25,28H,5-6H2,(H,26,30). The Kier molecular flexibility index (Phi) is 5.86. The SMILES string of the molecule is O=C(NNc1ccc(S(=O)(=O)NC2CC2)cc1)c1cc(-c2ccco2)n(-c2ccc(Cl)cc2)n1. The second kappa shape index (κ2) is 8.98. The molecule has 0 saturated heterocycles. The molecule has 4 aromatic rings. The summed E-state index contributed by atoms with van der Waals surface area (Å²) >= 11 is 6.00. The van der Waals surface area contributed by atoms with Gasteiger partial charge < -0.3 is 4.42 Å². The third kappa shape index (κ3) is 4.84. The van der Waals surface area contributed by atoms with Crippen LogP contribution in [0.3, 0.4) is 0 Å². The molecule has 0 aliphatic heterocycles. The van der Waals surface area contributed by atoms with Gasteiger partial charge in [-0.05, 0) is 73.5 Å². The first-order valence-electron chi connectivity index (χ1n) is 10.5. The molecular formula is C23H20ClN5O4S. The lowest BCUT2D eigenvalue weighted by molar-refractivity contribution is 0.0957. The highest BCUT2D eigenvalue weighted by Crippen LogP contribution is 2.26. The third-order valence-corrected chi connectivity index (χ3v) is 6.96. The van der Waals surface area contributed by atoms with E-state index in [4.69, 9.17) is 16.0 Å². The number of carbonyl (C=O) groups is 1. The van der Waals surface area contributed by atoms with Gasteiger partial charge >= 0.3 is 0 Å². The fraction of sp³-hybridized carbons (Fsp3) is 0.130. The Morgan fingerprint density at radius 2 is 1.79 bits per heavy atom. The molecule has 0 bridgehead atoms. The van der Waals surface area contributed by atoms with E-state index in [9.17, 15) is 13.2 Å². The van der Waals surface area contributed by atoms with E-state index in [-0.39, 0.29) is 16.6 Å². The molecule has 2 aromatic carbocycles. The minimum atomic E-state index is -3.54. The van der Waals surface area contributed by atoms with Crippen LogP contribution >= 0.6 is 11.6 Å². The normalized spacial score (nSPS) is 13.6. The van der Waals surface area contributed by atoms with Crippen LogP contribution in [0, 0.1) is 0 Å². The van der Waals surface area contributed by atoms with Gasteiger partial charge in [-0.1, -0.05) is 11.6 Å². The largest absolute Gasteiger partial charge is 0.463 e. The van der Waals surface area contributed by atoms with Crippen molar-refractivity contribution in [3.63, 3.8) is 0 Å². The molecule has 1 fully saturated rings. The Morgan fingerprint density at radius 3 is 2.44 bits per heavy atom. The molecule has 2 aromatic heterocycles. The van der Waals surface area contributed by atoms with E-state index in [0.29, 0.717) is 27.9 Å². The maximum atomic E-state index is 12.8. The van der Waals surface area contributed by atoms with Crippen molar-refractivity contribution in [1.29, 1.82) is 0 Å². The monoisotopic (exact) mass is 497 g/mol. The first-order valence-corrected chi connectivity index (χ1v) is 12.3. The average molecular weight is 498 g/mol. The first kappa shape index (κ1) is 22.2. The number of nitrogens with one attached hydrogen (secondary N) is 3. The van der Waals surface area contributed by atoms with Crippen LogP contribution in [-0.4, -0.2) is 30.1 Å². The van der Waals surface area contributed by atoms with Crippen LogP contribution in [0.25, 0.3) is 17.1 Å². The number of sulfonamides is 1. The predicted molar refractivity (Wildman–Crippen MR) is 127 cm³/mol. The van der Waals surface area contributed by atoms with Crippen LogP contribution in [-0.2, 0) is 10.0 Å². The minimum absolute atomic E-state index is 0.0286. The van der Waals surface area contributed by atoms with Crippen molar-refractivity contribution in [1.82, 2.24) is 19.9 Å². The summed E-state index contributed by atoms with van der Waals surface area (Å²) in [5, 5.41) is 5.02. The van der Waals surface area contributed by atoms with Crippen LogP contribution in [0.5, 0.6) is 0 Å². The Hall–Kier alpha value is -3.60. The molecule has 9 nitrogen and oxygen atoms in total. The summed E-state index contributed by atoms with van der Waals surface area (Å²) in [4.78, 5) is 13.0. The van der Waals surface area contributed by atoms with Crippen LogP contribution in [0.4, 0.5) is 5.69 Å². The molecule has 34 heavy (non-hydrogen) atoms. The van der Waals surface area contributed by atoms with E-state index in [1.807, 2.05) is 0 Å². The number of hydrogen-bond acceptors (Lipinski definition) is 6. The number of halogens is 1. The van der Waals surface area contributed by atoms with Crippen molar-refractivity contribution in [3.8, 4) is 17.1 Å². The van der Waals surface area contributed by atoms with Crippen LogP contribution in [0.15, 0.2) is 82.3 Å². The molecule has 5 rings (SSSR count). The Balaban J connectivity index is 1.32. The van der Waals surface area contributed by atoms with Crippen molar-refractivity contribution < 1.29 is 17.6 Å². The van der Waals surface area contributed by atoms with Crippen LogP contribution in [0.2, 0.25) is 5.02 Å². The molecule has 11 heteroatoms. The molecular weight excluding hydrogens is 478 g/mol. The summed E-state index contributed by atoms with van der Waals surface area (Å²) in [6.07, 6.45) is 3.26. The Bertz CT molecular complexity index is 1410. The first-order chi connectivity index (χ1) is 16.4. The second-order valence-corrected chi connectivity index (χ2v) is 9.93. The minimum Gasteiger partial charge on any atom is -0.463 e. The predicted octanol–water partition coefficient (Wildman–Crippen LogP) is 3.98. The van der Waals surface area contributed by atoms with Gasteiger partial charge in [0.25, 0.3) is 5.91 Å². The molecule has 0 atom stereocenters. The van der Waals surface area contributed by atoms with Gasteiger partial charge in [-0.25, -0.2) is 17.8 Å². The van der Waals surface area contributed by atoms with E-state index in [0.717, 1.165) is 12.8 Å². The summed E-state index contributed by atoms with van der Waals surface area (Å²) in [5.74, 6) is 0.0682. The maximum Gasteiger partial charge on any atom is 0.290 e. The summed E-state index contributed by atoms with van der Waals surface area (Å²) in [6.45, 7) is 0. The highest BCUT2D eigenvalue weighted by atomic mass is 35.5. The van der Waals surface area contributed by atoms with Gasteiger partial charge in [-0.3, -0.25) is 15.6 Å². The number of benzene rings is 2. The molecule has 1 saturated carbocycles. The number of carbonyl (C=O) groups excluding carboxylic acids is 1. The van der Waals surface area contributed by atoms with Gasteiger partial charge in [-0.2, -0.15) is 5.10 Å². The molecule has 0 radical (unpaired) electrons. The van der Waals surface area contributed by atoms with Crippen molar-refractivity contribution in [2.24, 2.45) is 0 Å². The number of hydrazine groups is 1. The number of aromatic nitrogens is 2. The topological polar surface area (TPSA) is 118 Å². The quantitative estimate of drug-likeness (QED) is 0.317. The van der Waals surface area contributed by atoms with Gasteiger partial charge in [0.05, 0.1) is 22.5 Å². The lowest BCUT2D eigenvalue weighted by atomic mass is 10.2. The molecule has 174 valence electrons. The van der Waals surface area contributed by atoms with E-state index in [1.165, 1.54) is 12.1 Å². The lowest BCUT2D eigenvalue weighted by Gasteiger charge is -2.09. The van der Waals surface area contributed by atoms with Crippen molar-refractivity contribution >= 4 is 33.2 Å². The maximum absolute atomic E-state index is 12.8. The van der Waals surface area contributed by atoms with Crippen LogP contribution in [0.1, 0.15) is 23.3 Å². The lowest BCUT2D eigenvalue weighted by Crippen LogP contribution is -2.30. The van der Waals surface area contributed by atoms with E-state index >= 15 is 0 Å². The zero-order valence-corrected chi connectivity index (χ0v) is 19.3. The molecule has 0 spiro atoms. The third-order valence-electron chi connectivity index (χ3n) is 5.17.